The Morgan fingerprint density at radius 2 is 1.87 bits per heavy atom. The Morgan fingerprint density at radius 3 is 2.63 bits per heavy atom. The number of H-pyrrole nitrogens is 1. The number of hydrogen-bond donors (Lipinski definition) is 3. The number of methoxy groups -OCH3 is 2. The molecule has 4 rings (SSSR count). The number of fused-ring (bicyclic) bond motifs is 2. The fourth-order valence-corrected chi connectivity index (χ4v) is 4.01. The minimum Gasteiger partial charge on any atom is -0.496 e. The number of nitrogens with zero attached hydrogens (tertiary/aromatic N) is 1. The molecule has 0 aliphatic rings. The van der Waals surface area contributed by atoms with Gasteiger partial charge in [-0.15, -0.1) is 0 Å². The topological polar surface area (TPSA) is 105 Å². The lowest BCUT2D eigenvalue weighted by molar-refractivity contribution is -0.116. The van der Waals surface area contributed by atoms with Crippen molar-refractivity contribution in [3.8, 4) is 11.5 Å². The number of hydrogen-bond acceptors (Lipinski definition) is 6. The summed E-state index contributed by atoms with van der Waals surface area (Å²) in [5.74, 6) is 0.716. The van der Waals surface area contributed by atoms with Crippen LogP contribution in [0.5, 0.6) is 11.5 Å². The molecule has 4 aromatic rings. The lowest BCUT2D eigenvalue weighted by Crippen LogP contribution is -2.27. The maximum absolute atomic E-state index is 12.5. The average Bonchev–Trinajstić information content (AvgIpc) is 3.36. The molecule has 9 heteroatoms. The average molecular weight is 424 g/mol. The SMILES string of the molecule is COc1ccc(OC)c2[nH]c(C(=O)NCCC(=O)Nc3nc4ccccc4s3)cc12. The summed E-state index contributed by atoms with van der Waals surface area (Å²) in [7, 11) is 3.13. The number of aromatic nitrogens is 2. The van der Waals surface area contributed by atoms with E-state index in [0.717, 1.165) is 15.6 Å². The minimum atomic E-state index is -0.317. The highest BCUT2D eigenvalue weighted by Gasteiger charge is 2.16. The third kappa shape index (κ3) is 3.92. The molecule has 8 nitrogen and oxygen atoms in total. The molecule has 0 saturated heterocycles. The molecule has 0 bridgehead atoms. The van der Waals surface area contributed by atoms with Crippen molar-refractivity contribution in [3.05, 3.63) is 48.2 Å². The number of ether oxygens (including phenoxy) is 2. The van der Waals surface area contributed by atoms with Crippen LogP contribution in [-0.2, 0) is 4.79 Å². The number of amides is 2. The highest BCUT2D eigenvalue weighted by Crippen LogP contribution is 2.33. The van der Waals surface area contributed by atoms with Crippen molar-refractivity contribution < 1.29 is 19.1 Å². The van der Waals surface area contributed by atoms with Crippen molar-refractivity contribution in [2.45, 2.75) is 6.42 Å². The van der Waals surface area contributed by atoms with Crippen LogP contribution in [0, 0.1) is 0 Å². The second-order valence-electron chi connectivity index (χ2n) is 6.48. The van der Waals surface area contributed by atoms with Crippen LogP contribution >= 0.6 is 11.3 Å². The molecule has 2 amide bonds. The van der Waals surface area contributed by atoms with Crippen LogP contribution < -0.4 is 20.1 Å². The second-order valence-corrected chi connectivity index (χ2v) is 7.51. The Kier molecular flexibility index (Phi) is 5.53. The fraction of sp³-hybridized carbons (Fsp3) is 0.190. The number of para-hydroxylation sites is 1. The summed E-state index contributed by atoms with van der Waals surface area (Å²) in [4.78, 5) is 32.1. The maximum Gasteiger partial charge on any atom is 0.267 e. The minimum absolute atomic E-state index is 0.133. The van der Waals surface area contributed by atoms with Crippen LogP contribution in [0.4, 0.5) is 5.13 Å². The zero-order valence-corrected chi connectivity index (χ0v) is 17.3. The predicted octanol–water partition coefficient (Wildman–Crippen LogP) is 3.55. The number of thiazole rings is 1. The Morgan fingerprint density at radius 1 is 1.10 bits per heavy atom. The van der Waals surface area contributed by atoms with Crippen LogP contribution in [-0.4, -0.2) is 42.5 Å². The third-order valence-electron chi connectivity index (χ3n) is 4.58. The molecule has 0 atom stereocenters. The Balaban J connectivity index is 1.36. The van der Waals surface area contributed by atoms with Crippen LogP contribution in [0.1, 0.15) is 16.9 Å². The zero-order chi connectivity index (χ0) is 21.1. The molecular formula is C21H20N4O4S. The lowest BCUT2D eigenvalue weighted by Gasteiger charge is -2.05. The maximum atomic E-state index is 12.5. The van der Waals surface area contributed by atoms with E-state index in [-0.39, 0.29) is 24.8 Å². The highest BCUT2D eigenvalue weighted by molar-refractivity contribution is 7.22. The van der Waals surface area contributed by atoms with Gasteiger partial charge < -0.3 is 25.1 Å². The quantitative estimate of drug-likeness (QED) is 0.421. The van der Waals surface area contributed by atoms with E-state index in [0.29, 0.717) is 27.8 Å². The molecule has 0 unspecified atom stereocenters. The van der Waals surface area contributed by atoms with Gasteiger partial charge in [-0.1, -0.05) is 23.5 Å². The van der Waals surface area contributed by atoms with Gasteiger partial charge in [0.05, 0.1) is 30.0 Å². The van der Waals surface area contributed by atoms with Crippen LogP contribution in [0.2, 0.25) is 0 Å². The highest BCUT2D eigenvalue weighted by atomic mass is 32.1. The Hall–Kier alpha value is -3.59. The first-order valence-electron chi connectivity index (χ1n) is 9.26. The smallest absolute Gasteiger partial charge is 0.267 e. The molecule has 2 aromatic carbocycles. The van der Waals surface area contributed by atoms with Crippen molar-refractivity contribution in [2.75, 3.05) is 26.1 Å². The molecule has 0 aliphatic carbocycles. The monoisotopic (exact) mass is 424 g/mol. The van der Waals surface area contributed by atoms with E-state index in [9.17, 15) is 9.59 Å². The molecular weight excluding hydrogens is 404 g/mol. The predicted molar refractivity (Wildman–Crippen MR) is 117 cm³/mol. The summed E-state index contributed by atoms with van der Waals surface area (Å²) in [5, 5.41) is 6.81. The van der Waals surface area contributed by atoms with E-state index in [1.807, 2.05) is 24.3 Å². The number of nitrogens with one attached hydrogen (secondary N) is 3. The van der Waals surface area contributed by atoms with E-state index >= 15 is 0 Å². The molecule has 0 radical (unpaired) electrons. The van der Waals surface area contributed by atoms with Crippen molar-refractivity contribution >= 4 is 49.4 Å². The first-order chi connectivity index (χ1) is 14.6. The van der Waals surface area contributed by atoms with E-state index in [1.54, 1.807) is 32.4 Å². The van der Waals surface area contributed by atoms with E-state index in [1.165, 1.54) is 11.3 Å². The van der Waals surface area contributed by atoms with Gasteiger partial charge in [-0.2, -0.15) is 0 Å². The van der Waals surface area contributed by atoms with E-state index in [4.69, 9.17) is 9.47 Å². The molecule has 30 heavy (non-hydrogen) atoms. The van der Waals surface area contributed by atoms with Crippen molar-refractivity contribution in [3.63, 3.8) is 0 Å². The van der Waals surface area contributed by atoms with Crippen LogP contribution in [0.3, 0.4) is 0 Å². The van der Waals surface area contributed by atoms with Gasteiger partial charge in [0.25, 0.3) is 5.91 Å². The fourth-order valence-electron chi connectivity index (χ4n) is 3.13. The van der Waals surface area contributed by atoms with Gasteiger partial charge in [0.15, 0.2) is 5.13 Å². The van der Waals surface area contributed by atoms with Crippen molar-refractivity contribution in [1.29, 1.82) is 0 Å². The summed E-state index contributed by atoms with van der Waals surface area (Å²) < 4.78 is 11.7. The molecule has 2 heterocycles. The lowest BCUT2D eigenvalue weighted by atomic mass is 10.2. The van der Waals surface area contributed by atoms with Gasteiger partial charge in [0.2, 0.25) is 5.91 Å². The van der Waals surface area contributed by atoms with Gasteiger partial charge in [-0.05, 0) is 30.3 Å². The number of benzene rings is 2. The molecule has 0 aliphatic heterocycles. The van der Waals surface area contributed by atoms with Gasteiger partial charge in [0, 0.05) is 18.4 Å². The summed E-state index contributed by atoms with van der Waals surface area (Å²) in [5.41, 5.74) is 1.88. The number of anilines is 1. The van der Waals surface area contributed by atoms with Crippen LogP contribution in [0.15, 0.2) is 42.5 Å². The number of carbonyl (C=O) groups is 2. The van der Waals surface area contributed by atoms with Gasteiger partial charge in [-0.3, -0.25) is 9.59 Å². The van der Waals surface area contributed by atoms with Gasteiger partial charge in [0.1, 0.15) is 17.2 Å². The molecule has 0 fully saturated rings. The van der Waals surface area contributed by atoms with Crippen molar-refractivity contribution in [2.24, 2.45) is 0 Å². The Labute approximate surface area is 176 Å². The van der Waals surface area contributed by atoms with Gasteiger partial charge in [-0.25, -0.2) is 4.98 Å². The summed E-state index contributed by atoms with van der Waals surface area (Å²) in [6.45, 7) is 0.194. The van der Waals surface area contributed by atoms with Crippen LogP contribution in [0.25, 0.3) is 21.1 Å². The standard InChI is InChI=1S/C21H20N4O4S/c1-28-15-7-8-16(29-2)19-12(15)11-14(23-19)20(27)22-10-9-18(26)25-21-24-13-5-3-4-6-17(13)30-21/h3-8,11,23H,9-10H2,1-2H3,(H,22,27)(H,24,25,26). The van der Waals surface area contributed by atoms with E-state index in [2.05, 4.69) is 20.6 Å². The van der Waals surface area contributed by atoms with E-state index < -0.39 is 0 Å². The molecule has 0 saturated carbocycles. The summed E-state index contributed by atoms with van der Waals surface area (Å²) in [6, 6.07) is 12.9. The molecule has 2 aromatic heterocycles. The molecule has 3 N–H and O–H groups in total. The number of rotatable bonds is 7. The summed E-state index contributed by atoms with van der Waals surface area (Å²) >= 11 is 1.41. The number of aromatic amines is 1. The Bertz CT molecular complexity index is 1160. The van der Waals surface area contributed by atoms with Gasteiger partial charge >= 0.3 is 0 Å². The normalized spacial score (nSPS) is 10.9. The molecule has 154 valence electrons. The third-order valence-corrected chi connectivity index (χ3v) is 5.53. The first kappa shape index (κ1) is 19.7. The second kappa shape index (κ2) is 8.42. The first-order valence-corrected chi connectivity index (χ1v) is 10.1. The zero-order valence-electron chi connectivity index (χ0n) is 16.4. The number of carbonyl (C=O) groups excluding carboxylic acids is 2. The largest absolute Gasteiger partial charge is 0.496 e. The molecule has 0 spiro atoms. The summed E-state index contributed by atoms with van der Waals surface area (Å²) in [6.07, 6.45) is 0.133. The van der Waals surface area contributed by atoms with Crippen molar-refractivity contribution in [1.82, 2.24) is 15.3 Å².